The van der Waals surface area contributed by atoms with E-state index in [4.69, 9.17) is 19.4 Å². The molecule has 0 amide bonds. The van der Waals surface area contributed by atoms with E-state index in [9.17, 15) is 0 Å². The zero-order valence-electron chi connectivity index (χ0n) is 33.3. The minimum atomic E-state index is -0.722. The van der Waals surface area contributed by atoms with Crippen molar-refractivity contribution in [2.45, 2.75) is 5.41 Å². The molecule has 2 aliphatic rings. The standard InChI is InChI=1S/C57H34N4O/c1-2-13-36(14-3-1)54-59-55(37-26-24-35(25-27-37)39-15-12-32-58-34-39)61-56(60-54)38-28-29-43-41-17-5-4-16-40(41)42-18-6-9-21-47(42)57(50(43)33-38)48-22-10-7-20-46(48)52-49(57)31-30-45-44-19-8-11-23-51(44)62-53(45)52/h1-34H. The Morgan fingerprint density at radius 3 is 1.66 bits per heavy atom. The minimum absolute atomic E-state index is 0.605. The number of benzene rings is 8. The average Bonchev–Trinajstić information content (AvgIpc) is 3.85. The van der Waals surface area contributed by atoms with E-state index in [2.05, 4.69) is 169 Å². The topological polar surface area (TPSA) is 64.7 Å². The van der Waals surface area contributed by atoms with Gasteiger partial charge in [-0.15, -0.1) is 0 Å². The molecule has 5 nitrogen and oxygen atoms in total. The molecule has 3 aromatic heterocycles. The maximum absolute atomic E-state index is 6.86. The van der Waals surface area contributed by atoms with E-state index in [0.717, 1.165) is 66.4 Å². The van der Waals surface area contributed by atoms with Crippen LogP contribution >= 0.6 is 0 Å². The van der Waals surface area contributed by atoms with Crippen LogP contribution in [0.4, 0.5) is 0 Å². The van der Waals surface area contributed by atoms with Crippen LogP contribution in [0.15, 0.2) is 211 Å². The van der Waals surface area contributed by atoms with Gasteiger partial charge in [0.25, 0.3) is 0 Å². The minimum Gasteiger partial charge on any atom is -0.455 e. The fourth-order valence-electron chi connectivity index (χ4n) is 10.2. The Kier molecular flexibility index (Phi) is 7.45. The summed E-state index contributed by atoms with van der Waals surface area (Å²) in [4.78, 5) is 20.0. The Balaban J connectivity index is 1.10. The van der Waals surface area contributed by atoms with Gasteiger partial charge in [-0.05, 0) is 79.4 Å². The number of hydrogen-bond donors (Lipinski definition) is 0. The normalized spacial score (nSPS) is 14.5. The molecule has 8 aromatic carbocycles. The van der Waals surface area contributed by atoms with Crippen molar-refractivity contribution in [1.29, 1.82) is 0 Å². The molecular formula is C57H34N4O. The van der Waals surface area contributed by atoms with Crippen molar-refractivity contribution in [2.75, 3.05) is 0 Å². The second-order valence-corrected chi connectivity index (χ2v) is 16.1. The van der Waals surface area contributed by atoms with Crippen molar-refractivity contribution < 1.29 is 4.42 Å². The van der Waals surface area contributed by atoms with Crippen LogP contribution in [0.3, 0.4) is 0 Å². The van der Waals surface area contributed by atoms with Gasteiger partial charge in [-0.3, -0.25) is 4.98 Å². The van der Waals surface area contributed by atoms with Crippen LogP contribution in [0, 0.1) is 0 Å². The fourth-order valence-corrected chi connectivity index (χ4v) is 10.2. The van der Waals surface area contributed by atoms with Crippen molar-refractivity contribution in [3.63, 3.8) is 0 Å². The van der Waals surface area contributed by atoms with Gasteiger partial charge in [0, 0.05) is 45.4 Å². The van der Waals surface area contributed by atoms with Crippen LogP contribution in [0.25, 0.3) is 101 Å². The first-order valence-corrected chi connectivity index (χ1v) is 21.0. The number of pyridine rings is 1. The number of fused-ring (bicyclic) bond motifs is 16. The number of hydrogen-bond acceptors (Lipinski definition) is 5. The second kappa shape index (κ2) is 13.4. The van der Waals surface area contributed by atoms with Gasteiger partial charge in [-0.1, -0.05) is 176 Å². The maximum atomic E-state index is 6.86. The highest BCUT2D eigenvalue weighted by atomic mass is 16.3. The third-order valence-corrected chi connectivity index (χ3v) is 12.9. The van der Waals surface area contributed by atoms with Gasteiger partial charge in [-0.2, -0.15) is 0 Å². The molecule has 13 rings (SSSR count). The molecule has 0 saturated carbocycles. The summed E-state index contributed by atoms with van der Waals surface area (Å²) in [6.45, 7) is 0. The molecule has 0 fully saturated rings. The van der Waals surface area contributed by atoms with Crippen molar-refractivity contribution in [1.82, 2.24) is 19.9 Å². The molecule has 11 aromatic rings. The molecule has 5 heteroatoms. The van der Waals surface area contributed by atoms with Gasteiger partial charge >= 0.3 is 0 Å². The highest BCUT2D eigenvalue weighted by Crippen LogP contribution is 2.63. The van der Waals surface area contributed by atoms with Gasteiger partial charge in [0.15, 0.2) is 17.5 Å². The predicted molar refractivity (Wildman–Crippen MR) is 248 cm³/mol. The molecule has 0 radical (unpaired) electrons. The summed E-state index contributed by atoms with van der Waals surface area (Å²) in [5.41, 5.74) is 17.8. The molecular weight excluding hydrogens is 757 g/mol. The molecule has 0 aliphatic heterocycles. The summed E-state index contributed by atoms with van der Waals surface area (Å²) < 4.78 is 6.86. The Labute approximate surface area is 357 Å². The van der Waals surface area contributed by atoms with E-state index in [1.54, 1.807) is 6.20 Å². The van der Waals surface area contributed by atoms with Crippen LogP contribution in [0.5, 0.6) is 0 Å². The van der Waals surface area contributed by atoms with E-state index in [1.165, 1.54) is 38.9 Å². The number of nitrogens with zero attached hydrogens (tertiary/aromatic N) is 4. The Morgan fingerprint density at radius 1 is 0.355 bits per heavy atom. The molecule has 0 N–H and O–H groups in total. The lowest BCUT2D eigenvalue weighted by Crippen LogP contribution is -2.29. The van der Waals surface area contributed by atoms with Crippen LogP contribution in [-0.2, 0) is 5.41 Å². The van der Waals surface area contributed by atoms with Crippen molar-refractivity contribution in [3.05, 3.63) is 229 Å². The Bertz CT molecular complexity index is 3580. The lowest BCUT2D eigenvalue weighted by molar-refractivity contribution is 0.669. The molecule has 0 saturated heterocycles. The predicted octanol–water partition coefficient (Wildman–Crippen LogP) is 13.8. The highest BCUT2D eigenvalue weighted by molar-refractivity contribution is 6.13. The lowest BCUT2D eigenvalue weighted by Gasteiger charge is -2.35. The van der Waals surface area contributed by atoms with Crippen LogP contribution in [-0.4, -0.2) is 19.9 Å². The number of furan rings is 1. The molecule has 1 atom stereocenters. The summed E-state index contributed by atoms with van der Waals surface area (Å²) in [6.07, 6.45) is 3.67. The van der Waals surface area contributed by atoms with Gasteiger partial charge in [0.1, 0.15) is 11.2 Å². The average molecular weight is 791 g/mol. The number of rotatable bonds is 4. The monoisotopic (exact) mass is 790 g/mol. The summed E-state index contributed by atoms with van der Waals surface area (Å²) in [7, 11) is 0. The first kappa shape index (κ1) is 34.6. The van der Waals surface area contributed by atoms with E-state index in [0.29, 0.717) is 17.5 Å². The smallest absolute Gasteiger partial charge is 0.164 e. The van der Waals surface area contributed by atoms with Crippen molar-refractivity contribution >= 4 is 21.9 Å². The first-order valence-electron chi connectivity index (χ1n) is 21.0. The molecule has 3 heterocycles. The molecule has 288 valence electrons. The maximum Gasteiger partial charge on any atom is 0.164 e. The third-order valence-electron chi connectivity index (χ3n) is 12.9. The van der Waals surface area contributed by atoms with Crippen molar-refractivity contribution in [2.24, 2.45) is 0 Å². The van der Waals surface area contributed by atoms with Gasteiger partial charge in [0.05, 0.1) is 5.41 Å². The van der Waals surface area contributed by atoms with Crippen LogP contribution in [0.2, 0.25) is 0 Å². The third kappa shape index (κ3) is 4.96. The Hall–Kier alpha value is -8.28. The molecule has 1 unspecified atom stereocenters. The fraction of sp³-hybridized carbons (Fsp3) is 0.0175. The summed E-state index contributed by atoms with van der Waals surface area (Å²) >= 11 is 0. The largest absolute Gasteiger partial charge is 0.455 e. The van der Waals surface area contributed by atoms with Crippen LogP contribution < -0.4 is 0 Å². The van der Waals surface area contributed by atoms with E-state index in [-0.39, 0.29) is 0 Å². The van der Waals surface area contributed by atoms with E-state index < -0.39 is 5.41 Å². The quantitative estimate of drug-likeness (QED) is 0.178. The molecule has 62 heavy (non-hydrogen) atoms. The summed E-state index contributed by atoms with van der Waals surface area (Å²) in [5.74, 6) is 1.83. The SMILES string of the molecule is c1ccc(-c2nc(-c3ccc(-c4cccnc4)cc3)nc(-c3ccc4c(c3)C3(c5ccccc5-c5ccccc5-4)c4ccccc4-c4c3ccc3c4oc4ccccc43)n2)cc1. The van der Waals surface area contributed by atoms with E-state index in [1.807, 2.05) is 36.5 Å². The van der Waals surface area contributed by atoms with Gasteiger partial charge < -0.3 is 4.42 Å². The molecule has 0 bridgehead atoms. The lowest BCUT2D eigenvalue weighted by atomic mass is 9.65. The first-order chi connectivity index (χ1) is 30.7. The summed E-state index contributed by atoms with van der Waals surface area (Å²) in [6, 6.07) is 69.1. The van der Waals surface area contributed by atoms with Gasteiger partial charge in [-0.25, -0.2) is 15.0 Å². The Morgan fingerprint density at radius 2 is 0.919 bits per heavy atom. The van der Waals surface area contributed by atoms with E-state index >= 15 is 0 Å². The zero-order chi connectivity index (χ0) is 40.8. The molecule has 1 spiro atoms. The van der Waals surface area contributed by atoms with Crippen LogP contribution in [0.1, 0.15) is 22.3 Å². The highest BCUT2D eigenvalue weighted by Gasteiger charge is 2.51. The van der Waals surface area contributed by atoms with Crippen molar-refractivity contribution in [3.8, 4) is 78.7 Å². The zero-order valence-corrected chi connectivity index (χ0v) is 33.3. The number of aromatic nitrogens is 4. The number of para-hydroxylation sites is 1. The second-order valence-electron chi connectivity index (χ2n) is 16.1. The van der Waals surface area contributed by atoms with Gasteiger partial charge in [0.2, 0.25) is 0 Å². The summed E-state index contributed by atoms with van der Waals surface area (Å²) in [5, 5.41) is 2.23. The molecule has 2 aliphatic carbocycles.